The fourth-order valence-corrected chi connectivity index (χ4v) is 1.49. The summed E-state index contributed by atoms with van der Waals surface area (Å²) in [6.45, 7) is 1.47. The Kier molecular flexibility index (Phi) is 4.63. The predicted molar refractivity (Wildman–Crippen MR) is 60.2 cm³/mol. The van der Waals surface area contributed by atoms with Crippen molar-refractivity contribution in [2.24, 2.45) is 5.92 Å². The molecule has 0 aliphatic heterocycles. The monoisotopic (exact) mass is 278 g/mol. The lowest BCUT2D eigenvalue weighted by Gasteiger charge is -2.14. The normalized spacial score (nSPS) is 12.9. The number of carbonyl (C=O) groups is 1. The lowest BCUT2D eigenvalue weighted by atomic mass is 10.0. The summed E-state index contributed by atoms with van der Waals surface area (Å²) in [5.41, 5.74) is 0.426. The average Bonchev–Trinajstić information content (AvgIpc) is 2.27. The maximum atomic E-state index is 12.2. The molecule has 0 spiro atoms. The zero-order chi connectivity index (χ0) is 14.6. The molecule has 1 unspecified atom stereocenters. The van der Waals surface area contributed by atoms with Gasteiger partial charge < -0.3 is 14.6 Å². The highest BCUT2D eigenvalue weighted by molar-refractivity contribution is 5.70. The molecular formula is C12H13F3O4. The first-order valence-corrected chi connectivity index (χ1v) is 5.38. The summed E-state index contributed by atoms with van der Waals surface area (Å²) in [5.74, 6) is -2.27. The molecule has 1 aromatic rings. The number of methoxy groups -OCH3 is 1. The van der Waals surface area contributed by atoms with Crippen LogP contribution in [0.1, 0.15) is 12.5 Å². The van der Waals surface area contributed by atoms with Crippen LogP contribution in [0.3, 0.4) is 0 Å². The molecule has 0 aliphatic carbocycles. The fraction of sp³-hybridized carbons (Fsp3) is 0.417. The number of carboxylic acid groups (broad SMARTS) is 1. The third kappa shape index (κ3) is 4.69. The predicted octanol–water partition coefficient (Wildman–Crippen LogP) is 2.86. The summed E-state index contributed by atoms with van der Waals surface area (Å²) in [6, 6.07) is 3.94. The van der Waals surface area contributed by atoms with Gasteiger partial charge >= 0.3 is 12.3 Å². The number of carboxylic acids is 1. The first-order chi connectivity index (χ1) is 8.73. The number of hydrogen-bond donors (Lipinski definition) is 1. The highest BCUT2D eigenvalue weighted by Crippen LogP contribution is 2.33. The van der Waals surface area contributed by atoms with Crippen LogP contribution in [0, 0.1) is 5.92 Å². The van der Waals surface area contributed by atoms with Gasteiger partial charge in [0.05, 0.1) is 13.0 Å². The SMILES string of the molecule is COc1ccc(CC(C)C(=O)O)cc1OC(F)(F)F. The largest absolute Gasteiger partial charge is 0.573 e. The molecule has 7 heteroatoms. The van der Waals surface area contributed by atoms with E-state index in [0.717, 1.165) is 6.07 Å². The molecule has 0 bridgehead atoms. The Balaban J connectivity index is 2.98. The van der Waals surface area contributed by atoms with Gasteiger partial charge in [-0.3, -0.25) is 4.79 Å². The number of halogens is 3. The van der Waals surface area contributed by atoms with Gasteiger partial charge in [-0.05, 0) is 24.1 Å². The van der Waals surface area contributed by atoms with Gasteiger partial charge in [-0.15, -0.1) is 13.2 Å². The highest BCUT2D eigenvalue weighted by atomic mass is 19.4. The molecule has 0 saturated heterocycles. The lowest BCUT2D eigenvalue weighted by Crippen LogP contribution is -2.18. The topological polar surface area (TPSA) is 55.8 Å². The number of alkyl halides is 3. The average molecular weight is 278 g/mol. The van der Waals surface area contributed by atoms with E-state index < -0.39 is 24.0 Å². The van der Waals surface area contributed by atoms with E-state index in [4.69, 9.17) is 9.84 Å². The molecule has 0 fully saturated rings. The van der Waals surface area contributed by atoms with E-state index in [0.29, 0.717) is 5.56 Å². The van der Waals surface area contributed by atoms with Crippen LogP contribution in [-0.4, -0.2) is 24.5 Å². The highest BCUT2D eigenvalue weighted by Gasteiger charge is 2.32. The van der Waals surface area contributed by atoms with E-state index in [1.165, 1.54) is 26.2 Å². The first-order valence-electron chi connectivity index (χ1n) is 5.38. The van der Waals surface area contributed by atoms with Gasteiger partial charge in [0, 0.05) is 0 Å². The van der Waals surface area contributed by atoms with E-state index in [1.807, 2.05) is 0 Å². The maximum Gasteiger partial charge on any atom is 0.573 e. The Bertz CT molecular complexity index is 457. The van der Waals surface area contributed by atoms with Gasteiger partial charge in [0.15, 0.2) is 11.5 Å². The minimum absolute atomic E-state index is 0.0657. The molecule has 0 aromatic heterocycles. The summed E-state index contributed by atoms with van der Waals surface area (Å²) >= 11 is 0. The second-order valence-corrected chi connectivity index (χ2v) is 3.98. The Morgan fingerprint density at radius 2 is 2.00 bits per heavy atom. The van der Waals surface area contributed by atoms with Crippen molar-refractivity contribution in [2.45, 2.75) is 19.7 Å². The van der Waals surface area contributed by atoms with Crippen molar-refractivity contribution in [3.05, 3.63) is 23.8 Å². The summed E-state index contributed by atoms with van der Waals surface area (Å²) in [5, 5.41) is 8.76. The van der Waals surface area contributed by atoms with Crippen LogP contribution in [0.25, 0.3) is 0 Å². The lowest BCUT2D eigenvalue weighted by molar-refractivity contribution is -0.275. The molecule has 0 heterocycles. The minimum atomic E-state index is -4.83. The fourth-order valence-electron chi connectivity index (χ4n) is 1.49. The summed E-state index contributed by atoms with van der Waals surface area (Å²) in [7, 11) is 1.22. The number of aliphatic carboxylic acids is 1. The maximum absolute atomic E-state index is 12.2. The molecule has 1 rings (SSSR count). The van der Waals surface area contributed by atoms with Gasteiger partial charge in [0.2, 0.25) is 0 Å². The molecular weight excluding hydrogens is 265 g/mol. The van der Waals surface area contributed by atoms with E-state index in [1.54, 1.807) is 0 Å². The Morgan fingerprint density at radius 3 is 2.47 bits per heavy atom. The Hall–Kier alpha value is -1.92. The van der Waals surface area contributed by atoms with Crippen LogP contribution in [0.5, 0.6) is 11.5 Å². The van der Waals surface area contributed by atoms with Crippen molar-refractivity contribution in [1.82, 2.24) is 0 Å². The van der Waals surface area contributed by atoms with Gasteiger partial charge in [-0.25, -0.2) is 0 Å². The molecule has 0 amide bonds. The van der Waals surface area contributed by atoms with Crippen molar-refractivity contribution in [3.8, 4) is 11.5 Å². The molecule has 0 aliphatic rings. The van der Waals surface area contributed by atoms with Gasteiger partial charge in [-0.2, -0.15) is 0 Å². The van der Waals surface area contributed by atoms with E-state index in [2.05, 4.69) is 4.74 Å². The van der Waals surface area contributed by atoms with Crippen molar-refractivity contribution in [3.63, 3.8) is 0 Å². The number of ether oxygens (including phenoxy) is 2. The molecule has 0 saturated carbocycles. The second-order valence-electron chi connectivity index (χ2n) is 3.98. The van der Waals surface area contributed by atoms with E-state index in [9.17, 15) is 18.0 Å². The zero-order valence-electron chi connectivity index (χ0n) is 10.3. The Labute approximate surface area is 107 Å². The summed E-state index contributed by atoms with van der Waals surface area (Å²) in [6.07, 6.45) is -4.72. The van der Waals surface area contributed by atoms with Gasteiger partial charge in [0.25, 0.3) is 0 Å². The van der Waals surface area contributed by atoms with Crippen LogP contribution >= 0.6 is 0 Å². The molecule has 1 aromatic carbocycles. The van der Waals surface area contributed by atoms with Crippen LogP contribution in [-0.2, 0) is 11.2 Å². The quantitative estimate of drug-likeness (QED) is 0.899. The number of hydrogen-bond acceptors (Lipinski definition) is 3. The van der Waals surface area contributed by atoms with Crippen LogP contribution in [0.2, 0.25) is 0 Å². The van der Waals surface area contributed by atoms with E-state index in [-0.39, 0.29) is 12.2 Å². The van der Waals surface area contributed by atoms with Crippen molar-refractivity contribution in [1.29, 1.82) is 0 Å². The molecule has 1 atom stereocenters. The first kappa shape index (κ1) is 15.1. The second kappa shape index (κ2) is 5.81. The van der Waals surface area contributed by atoms with E-state index >= 15 is 0 Å². The number of benzene rings is 1. The van der Waals surface area contributed by atoms with Gasteiger partial charge in [-0.1, -0.05) is 13.0 Å². The summed E-state index contributed by atoms with van der Waals surface area (Å²) in [4.78, 5) is 10.7. The Morgan fingerprint density at radius 1 is 1.37 bits per heavy atom. The molecule has 19 heavy (non-hydrogen) atoms. The van der Waals surface area contributed by atoms with Crippen LogP contribution in [0.4, 0.5) is 13.2 Å². The molecule has 106 valence electrons. The van der Waals surface area contributed by atoms with Crippen LogP contribution in [0.15, 0.2) is 18.2 Å². The van der Waals surface area contributed by atoms with Crippen molar-refractivity contribution >= 4 is 5.97 Å². The van der Waals surface area contributed by atoms with Crippen molar-refractivity contribution in [2.75, 3.05) is 7.11 Å². The van der Waals surface area contributed by atoms with Gasteiger partial charge in [0.1, 0.15) is 0 Å². The number of rotatable bonds is 5. The molecule has 4 nitrogen and oxygen atoms in total. The molecule has 1 N–H and O–H groups in total. The third-order valence-electron chi connectivity index (χ3n) is 2.42. The summed E-state index contributed by atoms with van der Waals surface area (Å²) < 4.78 is 45.2. The zero-order valence-corrected chi connectivity index (χ0v) is 10.3. The third-order valence-corrected chi connectivity index (χ3v) is 2.42. The smallest absolute Gasteiger partial charge is 0.493 e. The van der Waals surface area contributed by atoms with Crippen LogP contribution < -0.4 is 9.47 Å². The molecule has 0 radical (unpaired) electrons. The van der Waals surface area contributed by atoms with Crippen molar-refractivity contribution < 1.29 is 32.5 Å². The standard InChI is InChI=1S/C12H13F3O4/c1-7(11(16)17)5-8-3-4-9(18-2)10(6-8)19-12(13,14)15/h3-4,6-7H,5H2,1-2H3,(H,16,17). The minimum Gasteiger partial charge on any atom is -0.493 e.